The molecule has 4 aromatic heterocycles. The molecule has 200 valence electrons. The van der Waals surface area contributed by atoms with Gasteiger partial charge >= 0.3 is 12.4 Å². The number of aromatic amines is 2. The predicted octanol–water partition coefficient (Wildman–Crippen LogP) is 7.00. The van der Waals surface area contributed by atoms with Crippen LogP contribution in [0.1, 0.15) is 11.4 Å². The van der Waals surface area contributed by atoms with Crippen LogP contribution in [0.15, 0.2) is 67.0 Å². The van der Waals surface area contributed by atoms with Crippen molar-refractivity contribution in [3.8, 4) is 45.0 Å². The lowest BCUT2D eigenvalue weighted by Gasteiger charge is -2.21. The molecule has 0 bridgehead atoms. The van der Waals surface area contributed by atoms with E-state index in [0.717, 1.165) is 0 Å². The van der Waals surface area contributed by atoms with E-state index >= 15 is 0 Å². The predicted molar refractivity (Wildman–Crippen MR) is 136 cm³/mol. The largest absolute Gasteiger partial charge is 0.433 e. The summed E-state index contributed by atoms with van der Waals surface area (Å²) >= 11 is 0. The zero-order chi connectivity index (χ0) is 27.9. The zero-order valence-electron chi connectivity index (χ0n) is 20.4. The number of aromatic nitrogens is 6. The number of rotatable bonds is 5. The first-order chi connectivity index (χ1) is 18.5. The Balaban J connectivity index is 1.94. The maximum atomic E-state index is 14.4. The highest BCUT2D eigenvalue weighted by atomic mass is 31.1. The molecule has 0 aliphatic heterocycles. The van der Waals surface area contributed by atoms with Crippen molar-refractivity contribution >= 4 is 13.2 Å². The number of benzene rings is 1. The fourth-order valence-electron chi connectivity index (χ4n) is 4.36. The molecule has 0 aliphatic carbocycles. The minimum absolute atomic E-state index is 0.0283. The number of hydrogen-bond acceptors (Lipinski definition) is 4. The molecular formula is C26H19F6N6P. The fraction of sp³-hybridized carbons (Fsp3) is 0.154. The van der Waals surface area contributed by atoms with E-state index in [1.54, 1.807) is 30.3 Å². The molecule has 2 N–H and O–H groups in total. The van der Waals surface area contributed by atoms with Crippen molar-refractivity contribution in [3.63, 3.8) is 0 Å². The van der Waals surface area contributed by atoms with Crippen LogP contribution in [0.3, 0.4) is 0 Å². The molecular weight excluding hydrogens is 541 g/mol. The van der Waals surface area contributed by atoms with Crippen LogP contribution < -0.4 is 5.30 Å². The van der Waals surface area contributed by atoms with Gasteiger partial charge in [0.1, 0.15) is 22.8 Å². The lowest BCUT2D eigenvalue weighted by Crippen LogP contribution is -2.14. The minimum atomic E-state index is -4.89. The van der Waals surface area contributed by atoms with E-state index in [-0.39, 0.29) is 39.5 Å². The van der Waals surface area contributed by atoms with Gasteiger partial charge in [-0.25, -0.2) is 0 Å². The highest BCUT2D eigenvalue weighted by molar-refractivity contribution is 7.64. The number of hydrogen-bond donors (Lipinski definition) is 2. The second-order valence-corrected chi connectivity index (χ2v) is 10.9. The Bertz CT molecular complexity index is 1610. The normalized spacial score (nSPS) is 12.3. The van der Waals surface area contributed by atoms with Gasteiger partial charge in [-0.2, -0.15) is 36.5 Å². The number of pyridine rings is 2. The molecule has 0 amide bonds. The number of H-pyrrole nitrogens is 2. The fourth-order valence-corrected chi connectivity index (χ4v) is 5.42. The van der Waals surface area contributed by atoms with Crippen LogP contribution in [0.4, 0.5) is 26.3 Å². The molecule has 0 radical (unpaired) electrons. The maximum absolute atomic E-state index is 14.4. The molecule has 0 saturated carbocycles. The van der Waals surface area contributed by atoms with Gasteiger partial charge in [0.15, 0.2) is 0 Å². The summed E-state index contributed by atoms with van der Waals surface area (Å²) in [6.45, 7) is 3.62. The van der Waals surface area contributed by atoms with E-state index in [2.05, 4.69) is 30.4 Å². The summed E-state index contributed by atoms with van der Waals surface area (Å²) in [5, 5.41) is 12.4. The summed E-state index contributed by atoms with van der Waals surface area (Å²) < 4.78 is 86.1. The van der Waals surface area contributed by atoms with Crippen LogP contribution in [0, 0.1) is 0 Å². The third-order valence-corrected chi connectivity index (χ3v) is 7.29. The summed E-state index contributed by atoms with van der Waals surface area (Å²) in [4.78, 5) is 8.31. The van der Waals surface area contributed by atoms with Gasteiger partial charge in [0.2, 0.25) is 0 Å². The maximum Gasteiger partial charge on any atom is 0.433 e. The summed E-state index contributed by atoms with van der Waals surface area (Å²) in [7, 11) is -1.10. The molecule has 1 aromatic carbocycles. The molecule has 13 heteroatoms. The third kappa shape index (κ3) is 4.92. The molecule has 0 aliphatic rings. The Labute approximate surface area is 219 Å². The monoisotopic (exact) mass is 560 g/mol. The lowest BCUT2D eigenvalue weighted by molar-refractivity contribution is -0.141. The van der Waals surface area contributed by atoms with Crippen molar-refractivity contribution in [2.75, 3.05) is 13.3 Å². The second-order valence-electron chi connectivity index (χ2n) is 8.66. The highest BCUT2D eigenvalue weighted by Gasteiger charge is 2.42. The third-order valence-electron chi connectivity index (χ3n) is 5.96. The first-order valence-corrected chi connectivity index (χ1v) is 13.7. The van der Waals surface area contributed by atoms with E-state index in [1.807, 2.05) is 13.3 Å². The summed E-state index contributed by atoms with van der Waals surface area (Å²) in [6.07, 6.45) is -6.99. The van der Waals surface area contributed by atoms with Crippen molar-refractivity contribution in [1.82, 2.24) is 30.4 Å². The average molecular weight is 560 g/mol. The van der Waals surface area contributed by atoms with E-state index in [9.17, 15) is 26.3 Å². The molecule has 0 saturated heterocycles. The average Bonchev–Trinajstić information content (AvgIpc) is 3.54. The van der Waals surface area contributed by atoms with Gasteiger partial charge in [-0.3, -0.25) is 20.2 Å². The van der Waals surface area contributed by atoms with Crippen molar-refractivity contribution < 1.29 is 26.3 Å². The topological polar surface area (TPSA) is 83.1 Å². The van der Waals surface area contributed by atoms with Gasteiger partial charge in [-0.15, -0.1) is 0 Å². The standard InChI is InChI=1S/C26H19F6N6P/c1-39(2)17-11-7-8-14(19-21(15-9-3-5-12-33-15)35-37-23(19)25(27,28)29)18(17)20-22(16-10-4-6-13-34-16)36-38-24(20)26(30,31)32/h3-13H,1-2H3,(H,35,37)(H,36,38). The van der Waals surface area contributed by atoms with Crippen LogP contribution in [0.2, 0.25) is 0 Å². The van der Waals surface area contributed by atoms with E-state index in [0.29, 0.717) is 5.30 Å². The number of nitrogens with zero attached hydrogens (tertiary/aromatic N) is 4. The van der Waals surface area contributed by atoms with Crippen LogP contribution >= 0.6 is 7.92 Å². The highest BCUT2D eigenvalue weighted by Crippen LogP contribution is 2.49. The van der Waals surface area contributed by atoms with Crippen LogP contribution in [0.5, 0.6) is 0 Å². The summed E-state index contributed by atoms with van der Waals surface area (Å²) in [5.74, 6) is 0. The molecule has 4 heterocycles. The molecule has 0 atom stereocenters. The minimum Gasteiger partial charge on any atom is -0.272 e. The van der Waals surface area contributed by atoms with Crippen molar-refractivity contribution in [1.29, 1.82) is 0 Å². The Morgan fingerprint density at radius 1 is 0.615 bits per heavy atom. The molecule has 0 unspecified atom stereocenters. The first-order valence-electron chi connectivity index (χ1n) is 11.4. The van der Waals surface area contributed by atoms with Crippen LogP contribution in [0.25, 0.3) is 45.0 Å². The van der Waals surface area contributed by atoms with E-state index < -0.39 is 37.2 Å². The Kier molecular flexibility index (Phi) is 6.76. The Hall–Kier alpha value is -4.05. The number of halogens is 6. The molecule has 0 fully saturated rings. The summed E-state index contributed by atoms with van der Waals surface area (Å²) in [6, 6.07) is 13.8. The van der Waals surface area contributed by atoms with E-state index in [4.69, 9.17) is 0 Å². The zero-order valence-corrected chi connectivity index (χ0v) is 21.2. The number of nitrogens with one attached hydrogen (secondary N) is 2. The quantitative estimate of drug-likeness (QED) is 0.179. The molecule has 39 heavy (non-hydrogen) atoms. The van der Waals surface area contributed by atoms with Gasteiger partial charge in [-0.05, 0) is 48.5 Å². The smallest absolute Gasteiger partial charge is 0.272 e. The van der Waals surface area contributed by atoms with Crippen molar-refractivity contribution in [3.05, 3.63) is 78.4 Å². The van der Waals surface area contributed by atoms with Crippen LogP contribution in [-0.4, -0.2) is 43.7 Å². The molecule has 0 spiro atoms. The Morgan fingerprint density at radius 2 is 1.13 bits per heavy atom. The van der Waals surface area contributed by atoms with Crippen molar-refractivity contribution in [2.45, 2.75) is 12.4 Å². The van der Waals surface area contributed by atoms with Gasteiger partial charge in [0.05, 0.1) is 11.4 Å². The van der Waals surface area contributed by atoms with Gasteiger partial charge in [0, 0.05) is 29.1 Å². The second kappa shape index (κ2) is 9.92. The van der Waals surface area contributed by atoms with Gasteiger partial charge in [-0.1, -0.05) is 38.3 Å². The van der Waals surface area contributed by atoms with E-state index in [1.165, 1.54) is 36.7 Å². The van der Waals surface area contributed by atoms with Crippen LogP contribution in [-0.2, 0) is 12.4 Å². The molecule has 5 rings (SSSR count). The lowest BCUT2D eigenvalue weighted by atomic mass is 9.90. The molecule has 5 aromatic rings. The van der Waals surface area contributed by atoms with Gasteiger partial charge in [0.25, 0.3) is 0 Å². The van der Waals surface area contributed by atoms with Gasteiger partial charge < -0.3 is 0 Å². The Morgan fingerprint density at radius 3 is 1.59 bits per heavy atom. The number of alkyl halides is 6. The molecule has 6 nitrogen and oxygen atoms in total. The summed E-state index contributed by atoms with van der Waals surface area (Å²) in [5.41, 5.74) is -3.32. The first kappa shape index (κ1) is 26.6. The van der Waals surface area contributed by atoms with Crippen molar-refractivity contribution in [2.24, 2.45) is 0 Å². The SMILES string of the molecule is CP(C)c1cccc(-c2c(-c3ccccn3)n[nH]c2C(F)(F)F)c1-c1c(-c2ccccn2)n[nH]c1C(F)(F)F.